The Morgan fingerprint density at radius 1 is 0.944 bits per heavy atom. The number of urea groups is 1. The molecule has 0 bridgehead atoms. The van der Waals surface area contributed by atoms with Crippen molar-refractivity contribution in [3.8, 4) is 22.3 Å². The molecule has 0 spiro atoms. The molecule has 2 saturated heterocycles. The summed E-state index contributed by atoms with van der Waals surface area (Å²) in [6, 6.07) is 8.49. The van der Waals surface area contributed by atoms with Gasteiger partial charge in [0.05, 0.1) is 17.8 Å². The SMILES string of the molecule is COC1CCN(C(=O)N2CCN(c3ccc(-c4cc(-c5cnn(C)c5)cn5nccc45)cn3)CC2)C1. The van der Waals surface area contributed by atoms with Gasteiger partial charge in [0.15, 0.2) is 0 Å². The van der Waals surface area contributed by atoms with Gasteiger partial charge in [0, 0.05) is 100 Å². The first-order valence-corrected chi connectivity index (χ1v) is 12.3. The van der Waals surface area contributed by atoms with E-state index >= 15 is 0 Å². The molecule has 0 radical (unpaired) electrons. The predicted octanol–water partition coefficient (Wildman–Crippen LogP) is 2.76. The van der Waals surface area contributed by atoms with Gasteiger partial charge in [-0.1, -0.05) is 0 Å². The Kier molecular flexibility index (Phi) is 5.80. The first-order valence-electron chi connectivity index (χ1n) is 12.3. The van der Waals surface area contributed by atoms with Crippen molar-refractivity contribution < 1.29 is 9.53 Å². The average Bonchev–Trinajstić information content (AvgIpc) is 3.68. The fourth-order valence-corrected chi connectivity index (χ4v) is 5.14. The maximum Gasteiger partial charge on any atom is 0.320 e. The second-order valence-corrected chi connectivity index (χ2v) is 9.46. The molecule has 1 atom stereocenters. The quantitative estimate of drug-likeness (QED) is 0.441. The number of amides is 2. The first kappa shape index (κ1) is 22.5. The number of carbonyl (C=O) groups excluding carboxylic acids is 1. The van der Waals surface area contributed by atoms with Crippen molar-refractivity contribution in [1.82, 2.24) is 34.2 Å². The van der Waals surface area contributed by atoms with E-state index in [1.807, 2.05) is 58.4 Å². The number of pyridine rings is 2. The number of methoxy groups -OCH3 is 1. The summed E-state index contributed by atoms with van der Waals surface area (Å²) in [5.74, 6) is 0.930. The zero-order valence-electron chi connectivity index (χ0n) is 20.6. The molecule has 0 N–H and O–H groups in total. The van der Waals surface area contributed by atoms with Crippen LogP contribution < -0.4 is 4.90 Å². The topological polar surface area (TPSA) is 84.0 Å². The number of carbonyl (C=O) groups is 1. The van der Waals surface area contributed by atoms with Crippen molar-refractivity contribution in [2.45, 2.75) is 12.5 Å². The summed E-state index contributed by atoms with van der Waals surface area (Å²) < 4.78 is 9.11. The molecule has 2 amide bonds. The van der Waals surface area contributed by atoms with E-state index < -0.39 is 0 Å². The van der Waals surface area contributed by atoms with Gasteiger partial charge < -0.3 is 19.4 Å². The molecular formula is C26H30N8O2. The number of hydrogen-bond acceptors (Lipinski definition) is 6. The number of hydrogen-bond donors (Lipinski definition) is 0. The smallest absolute Gasteiger partial charge is 0.320 e. The third kappa shape index (κ3) is 4.17. The number of likely N-dealkylation sites (tertiary alicyclic amines) is 1. The van der Waals surface area contributed by atoms with Gasteiger partial charge in [-0.05, 0) is 30.7 Å². The lowest BCUT2D eigenvalue weighted by Gasteiger charge is -2.37. The first-order chi connectivity index (χ1) is 17.6. The fourth-order valence-electron chi connectivity index (χ4n) is 5.14. The minimum absolute atomic E-state index is 0.121. The Bertz CT molecular complexity index is 1370. The van der Waals surface area contributed by atoms with Crippen LogP contribution in [0.3, 0.4) is 0 Å². The van der Waals surface area contributed by atoms with E-state index in [4.69, 9.17) is 9.72 Å². The van der Waals surface area contributed by atoms with E-state index in [1.54, 1.807) is 11.8 Å². The van der Waals surface area contributed by atoms with E-state index in [-0.39, 0.29) is 12.1 Å². The summed E-state index contributed by atoms with van der Waals surface area (Å²) in [6.45, 7) is 4.38. The number of fused-ring (bicyclic) bond motifs is 1. The Morgan fingerprint density at radius 2 is 1.81 bits per heavy atom. The van der Waals surface area contributed by atoms with Gasteiger partial charge in [0.1, 0.15) is 5.82 Å². The zero-order chi connectivity index (χ0) is 24.6. The molecule has 2 fully saturated rings. The number of anilines is 1. The highest BCUT2D eigenvalue weighted by Gasteiger charge is 2.31. The minimum atomic E-state index is 0.121. The van der Waals surface area contributed by atoms with Gasteiger partial charge in [-0.2, -0.15) is 10.2 Å². The van der Waals surface area contributed by atoms with Crippen molar-refractivity contribution in [3.05, 3.63) is 55.2 Å². The lowest BCUT2D eigenvalue weighted by molar-refractivity contribution is 0.105. The summed E-state index contributed by atoms with van der Waals surface area (Å²) in [5.41, 5.74) is 5.23. The highest BCUT2D eigenvalue weighted by atomic mass is 16.5. The molecule has 36 heavy (non-hydrogen) atoms. The largest absolute Gasteiger partial charge is 0.380 e. The third-order valence-corrected chi connectivity index (χ3v) is 7.23. The number of rotatable bonds is 4. The number of ether oxygens (including phenoxy) is 1. The van der Waals surface area contributed by atoms with E-state index in [9.17, 15) is 4.79 Å². The molecule has 186 valence electrons. The molecule has 6 rings (SSSR count). The van der Waals surface area contributed by atoms with Gasteiger partial charge in [-0.15, -0.1) is 0 Å². The Hall–Kier alpha value is -3.92. The molecule has 6 heterocycles. The Labute approximate surface area is 209 Å². The van der Waals surface area contributed by atoms with E-state index in [0.717, 1.165) is 59.6 Å². The van der Waals surface area contributed by atoms with E-state index in [1.165, 1.54) is 0 Å². The second kappa shape index (κ2) is 9.27. The van der Waals surface area contributed by atoms with Crippen molar-refractivity contribution >= 4 is 17.4 Å². The molecule has 4 aromatic heterocycles. The number of aryl methyl sites for hydroxylation is 1. The van der Waals surface area contributed by atoms with Crippen molar-refractivity contribution in [1.29, 1.82) is 0 Å². The van der Waals surface area contributed by atoms with Crippen LogP contribution in [0.25, 0.3) is 27.8 Å². The van der Waals surface area contributed by atoms with Gasteiger partial charge >= 0.3 is 6.03 Å². The summed E-state index contributed by atoms with van der Waals surface area (Å²) in [5, 5.41) is 8.77. The van der Waals surface area contributed by atoms with Crippen LogP contribution in [-0.4, -0.2) is 92.7 Å². The van der Waals surface area contributed by atoms with Crippen LogP contribution in [0.15, 0.2) is 55.2 Å². The van der Waals surface area contributed by atoms with Crippen LogP contribution in [0.4, 0.5) is 10.6 Å². The molecule has 0 aromatic carbocycles. The summed E-state index contributed by atoms with van der Waals surface area (Å²) in [7, 11) is 3.63. The highest BCUT2D eigenvalue weighted by molar-refractivity contribution is 5.84. The molecule has 4 aromatic rings. The molecule has 0 saturated carbocycles. The van der Waals surface area contributed by atoms with Crippen molar-refractivity contribution in [3.63, 3.8) is 0 Å². The molecule has 1 unspecified atom stereocenters. The van der Waals surface area contributed by atoms with Crippen LogP contribution in [0.5, 0.6) is 0 Å². The van der Waals surface area contributed by atoms with Gasteiger partial charge in [0.25, 0.3) is 0 Å². The predicted molar refractivity (Wildman–Crippen MR) is 137 cm³/mol. The summed E-state index contributed by atoms with van der Waals surface area (Å²) >= 11 is 0. The normalized spacial score (nSPS) is 18.4. The fraction of sp³-hybridized carbons (Fsp3) is 0.385. The molecule has 2 aliphatic heterocycles. The molecule has 0 aliphatic carbocycles. The zero-order valence-corrected chi connectivity index (χ0v) is 20.6. The van der Waals surface area contributed by atoms with Gasteiger partial charge in [-0.25, -0.2) is 14.3 Å². The summed E-state index contributed by atoms with van der Waals surface area (Å²) in [4.78, 5) is 23.8. The Morgan fingerprint density at radius 3 is 2.50 bits per heavy atom. The van der Waals surface area contributed by atoms with Crippen LogP contribution >= 0.6 is 0 Å². The lowest BCUT2D eigenvalue weighted by atomic mass is 10.0. The number of nitrogens with zero attached hydrogens (tertiary/aromatic N) is 8. The Balaban J connectivity index is 1.17. The van der Waals surface area contributed by atoms with Gasteiger partial charge in [0.2, 0.25) is 0 Å². The number of piperazine rings is 1. The lowest BCUT2D eigenvalue weighted by Crippen LogP contribution is -2.52. The van der Waals surface area contributed by atoms with Crippen LogP contribution in [0.1, 0.15) is 6.42 Å². The van der Waals surface area contributed by atoms with Gasteiger partial charge in [-0.3, -0.25) is 4.68 Å². The third-order valence-electron chi connectivity index (χ3n) is 7.23. The monoisotopic (exact) mass is 486 g/mol. The molecule has 2 aliphatic rings. The number of aromatic nitrogens is 5. The van der Waals surface area contributed by atoms with Crippen molar-refractivity contribution in [2.75, 3.05) is 51.3 Å². The second-order valence-electron chi connectivity index (χ2n) is 9.46. The molecule has 10 heteroatoms. The maximum atomic E-state index is 12.9. The van der Waals surface area contributed by atoms with Crippen LogP contribution in [0.2, 0.25) is 0 Å². The average molecular weight is 487 g/mol. The van der Waals surface area contributed by atoms with Crippen LogP contribution in [0, 0.1) is 0 Å². The van der Waals surface area contributed by atoms with Crippen molar-refractivity contribution in [2.24, 2.45) is 7.05 Å². The molecule has 10 nitrogen and oxygen atoms in total. The minimum Gasteiger partial charge on any atom is -0.380 e. The summed E-state index contributed by atoms with van der Waals surface area (Å²) in [6.07, 6.45) is 10.7. The van der Waals surface area contributed by atoms with Crippen LogP contribution in [-0.2, 0) is 11.8 Å². The van der Waals surface area contributed by atoms with E-state index in [2.05, 4.69) is 33.3 Å². The molecular weight excluding hydrogens is 456 g/mol. The standard InChI is InChI=1S/C26H30N8O2/c1-30-16-21(15-29-30)20-13-23(24-5-7-28-34(24)17-20)19-3-4-25(27-14-19)31-9-11-32(12-10-31)26(35)33-8-6-22(18-33)36-2/h3-5,7,13-17,22H,6,8-12,18H2,1-2H3. The van der Waals surface area contributed by atoms with E-state index in [0.29, 0.717) is 19.6 Å². The maximum absolute atomic E-state index is 12.9. The highest BCUT2D eigenvalue weighted by Crippen LogP contribution is 2.30.